The molecule has 0 saturated heterocycles. The van der Waals surface area contributed by atoms with Crippen LogP contribution >= 0.6 is 0 Å². The highest BCUT2D eigenvalue weighted by Gasteiger charge is 2.28. The SMILES string of the molecule is CC(=C=CC(O)(c1ccccc1)c1ccccc1)C=O. The molecule has 0 aromatic heterocycles. The molecule has 0 aliphatic carbocycles. The van der Waals surface area contributed by atoms with Gasteiger partial charge in [0, 0.05) is 5.57 Å². The molecule has 2 aromatic rings. The molecule has 100 valence electrons. The van der Waals surface area contributed by atoms with Crippen LogP contribution in [0.3, 0.4) is 0 Å². The second-order valence-corrected chi connectivity index (χ2v) is 4.59. The number of hydrogen-bond donors (Lipinski definition) is 1. The third kappa shape index (κ3) is 2.94. The minimum Gasteiger partial charge on any atom is -0.376 e. The van der Waals surface area contributed by atoms with Crippen LogP contribution in [0.5, 0.6) is 0 Å². The van der Waals surface area contributed by atoms with Crippen molar-refractivity contribution in [2.24, 2.45) is 0 Å². The van der Waals surface area contributed by atoms with Gasteiger partial charge in [-0.25, -0.2) is 0 Å². The second kappa shape index (κ2) is 6.16. The lowest BCUT2D eigenvalue weighted by Gasteiger charge is -2.25. The van der Waals surface area contributed by atoms with Crippen molar-refractivity contribution in [3.05, 3.63) is 89.2 Å². The lowest BCUT2D eigenvalue weighted by molar-refractivity contribution is -0.104. The zero-order valence-corrected chi connectivity index (χ0v) is 11.3. The van der Waals surface area contributed by atoms with Crippen LogP contribution in [-0.2, 0) is 10.4 Å². The molecule has 0 bridgehead atoms. The zero-order chi connectivity index (χ0) is 14.4. The predicted molar refractivity (Wildman–Crippen MR) is 79.2 cm³/mol. The Bertz CT molecular complexity index is 596. The van der Waals surface area contributed by atoms with E-state index in [2.05, 4.69) is 5.73 Å². The van der Waals surface area contributed by atoms with Crippen molar-refractivity contribution in [2.75, 3.05) is 0 Å². The smallest absolute Gasteiger partial charge is 0.153 e. The first-order valence-corrected chi connectivity index (χ1v) is 6.40. The Morgan fingerprint density at radius 3 is 1.85 bits per heavy atom. The summed E-state index contributed by atoms with van der Waals surface area (Å²) in [4.78, 5) is 10.7. The first-order chi connectivity index (χ1) is 9.66. The lowest BCUT2D eigenvalue weighted by Crippen LogP contribution is -2.24. The zero-order valence-electron chi connectivity index (χ0n) is 11.3. The minimum absolute atomic E-state index is 0.440. The topological polar surface area (TPSA) is 37.3 Å². The van der Waals surface area contributed by atoms with Crippen molar-refractivity contribution in [3.8, 4) is 0 Å². The highest BCUT2D eigenvalue weighted by atomic mass is 16.3. The predicted octanol–water partition coefficient (Wildman–Crippen LogP) is 3.22. The maximum absolute atomic E-state index is 11.1. The van der Waals surface area contributed by atoms with Crippen LogP contribution in [0.25, 0.3) is 0 Å². The number of rotatable bonds is 4. The Labute approximate surface area is 118 Å². The van der Waals surface area contributed by atoms with E-state index in [9.17, 15) is 9.90 Å². The first kappa shape index (κ1) is 14.0. The molecule has 2 heteroatoms. The van der Waals surface area contributed by atoms with E-state index in [1.165, 1.54) is 6.08 Å². The Balaban J connectivity index is 2.61. The minimum atomic E-state index is -1.30. The van der Waals surface area contributed by atoms with Gasteiger partial charge in [-0.15, -0.1) is 5.73 Å². The fraction of sp³-hybridized carbons (Fsp3) is 0.111. The molecule has 0 saturated carbocycles. The van der Waals surface area contributed by atoms with Gasteiger partial charge in [0.2, 0.25) is 0 Å². The Morgan fingerprint density at radius 1 is 1.00 bits per heavy atom. The molecule has 2 aromatic carbocycles. The van der Waals surface area contributed by atoms with Crippen LogP contribution in [0.15, 0.2) is 78.0 Å². The van der Waals surface area contributed by atoms with E-state index < -0.39 is 5.60 Å². The van der Waals surface area contributed by atoms with Crippen LogP contribution in [0.2, 0.25) is 0 Å². The van der Waals surface area contributed by atoms with Gasteiger partial charge in [-0.2, -0.15) is 0 Å². The second-order valence-electron chi connectivity index (χ2n) is 4.59. The molecule has 0 heterocycles. The molecule has 0 aliphatic heterocycles. The van der Waals surface area contributed by atoms with E-state index in [-0.39, 0.29) is 0 Å². The molecule has 2 nitrogen and oxygen atoms in total. The molecular weight excluding hydrogens is 248 g/mol. The van der Waals surface area contributed by atoms with E-state index in [1.807, 2.05) is 60.7 Å². The van der Waals surface area contributed by atoms with Gasteiger partial charge in [0.1, 0.15) is 5.60 Å². The quantitative estimate of drug-likeness (QED) is 0.523. The van der Waals surface area contributed by atoms with E-state index in [4.69, 9.17) is 0 Å². The summed E-state index contributed by atoms with van der Waals surface area (Å²) in [6, 6.07) is 18.7. The average molecular weight is 264 g/mol. The van der Waals surface area contributed by atoms with E-state index >= 15 is 0 Å². The standard InChI is InChI=1S/C18H16O2/c1-15(14-19)12-13-18(20,16-8-4-2-5-9-16)17-10-6-3-7-11-17/h2-11,13-14,20H,1H3. The molecule has 1 N–H and O–H groups in total. The maximum Gasteiger partial charge on any atom is 0.153 e. The number of aldehydes is 1. The summed E-state index contributed by atoms with van der Waals surface area (Å²) in [5.41, 5.74) is 3.45. The normalized spacial score (nSPS) is 10.5. The summed E-state index contributed by atoms with van der Waals surface area (Å²) in [5, 5.41) is 11.1. The van der Waals surface area contributed by atoms with Gasteiger partial charge < -0.3 is 5.11 Å². The Morgan fingerprint density at radius 2 is 1.45 bits per heavy atom. The Hall–Kier alpha value is -2.41. The number of carbonyl (C=O) groups is 1. The van der Waals surface area contributed by atoms with Crippen LogP contribution in [0, 0.1) is 0 Å². The maximum atomic E-state index is 11.1. The average Bonchev–Trinajstić information content (AvgIpc) is 2.54. The van der Waals surface area contributed by atoms with Crippen molar-refractivity contribution >= 4 is 6.29 Å². The molecule has 0 spiro atoms. The third-order valence-corrected chi connectivity index (χ3v) is 3.11. The van der Waals surface area contributed by atoms with Crippen molar-refractivity contribution in [3.63, 3.8) is 0 Å². The summed E-state index contributed by atoms with van der Waals surface area (Å²) in [7, 11) is 0. The van der Waals surface area contributed by atoms with E-state index in [0.29, 0.717) is 11.9 Å². The molecule has 0 atom stereocenters. The first-order valence-electron chi connectivity index (χ1n) is 6.40. The van der Waals surface area contributed by atoms with Crippen LogP contribution in [0.1, 0.15) is 18.1 Å². The molecule has 0 unspecified atom stereocenters. The van der Waals surface area contributed by atoms with E-state index in [0.717, 1.165) is 11.1 Å². The van der Waals surface area contributed by atoms with Crippen LogP contribution in [0.4, 0.5) is 0 Å². The molecule has 2 rings (SSSR count). The molecule has 0 radical (unpaired) electrons. The molecule has 0 amide bonds. The highest BCUT2D eigenvalue weighted by molar-refractivity contribution is 5.71. The van der Waals surface area contributed by atoms with Crippen LogP contribution in [-0.4, -0.2) is 11.4 Å². The molecule has 20 heavy (non-hydrogen) atoms. The number of benzene rings is 2. The number of hydrogen-bond acceptors (Lipinski definition) is 2. The van der Waals surface area contributed by atoms with Gasteiger partial charge in [0.25, 0.3) is 0 Å². The van der Waals surface area contributed by atoms with Gasteiger partial charge in [-0.05, 0) is 24.1 Å². The fourth-order valence-electron chi connectivity index (χ4n) is 1.97. The van der Waals surface area contributed by atoms with Crippen molar-refractivity contribution in [2.45, 2.75) is 12.5 Å². The Kier molecular flexibility index (Phi) is 4.31. The summed E-state index contributed by atoms with van der Waals surface area (Å²) in [6.07, 6.45) is 2.24. The largest absolute Gasteiger partial charge is 0.376 e. The summed E-state index contributed by atoms with van der Waals surface area (Å²) >= 11 is 0. The molecular formula is C18H16O2. The number of carbonyl (C=O) groups excluding carboxylic acids is 1. The number of aliphatic hydroxyl groups is 1. The third-order valence-electron chi connectivity index (χ3n) is 3.11. The van der Waals surface area contributed by atoms with Gasteiger partial charge in [0.05, 0.1) is 0 Å². The lowest BCUT2D eigenvalue weighted by atomic mass is 9.86. The highest BCUT2D eigenvalue weighted by Crippen LogP contribution is 2.30. The van der Waals surface area contributed by atoms with Gasteiger partial charge in [-0.1, -0.05) is 60.7 Å². The van der Waals surface area contributed by atoms with Crippen molar-refractivity contribution < 1.29 is 9.90 Å². The summed E-state index contributed by atoms with van der Waals surface area (Å²) in [5.74, 6) is 0. The van der Waals surface area contributed by atoms with Gasteiger partial charge >= 0.3 is 0 Å². The van der Waals surface area contributed by atoms with Crippen molar-refractivity contribution in [1.29, 1.82) is 0 Å². The summed E-state index contributed by atoms with van der Waals surface area (Å²) < 4.78 is 0. The van der Waals surface area contributed by atoms with Crippen molar-refractivity contribution in [1.82, 2.24) is 0 Å². The van der Waals surface area contributed by atoms with E-state index in [1.54, 1.807) is 6.92 Å². The molecule has 0 aliphatic rings. The molecule has 0 fully saturated rings. The van der Waals surface area contributed by atoms with Gasteiger partial charge in [0.15, 0.2) is 6.29 Å². The monoisotopic (exact) mass is 264 g/mol. The fourth-order valence-corrected chi connectivity index (χ4v) is 1.97. The van der Waals surface area contributed by atoms with Gasteiger partial charge in [-0.3, -0.25) is 4.79 Å². The van der Waals surface area contributed by atoms with Crippen LogP contribution < -0.4 is 0 Å². The summed E-state index contributed by atoms with van der Waals surface area (Å²) in [6.45, 7) is 1.65.